The van der Waals surface area contributed by atoms with Crippen LogP contribution >= 0.6 is 0 Å². The van der Waals surface area contributed by atoms with Crippen molar-refractivity contribution in [2.45, 2.75) is 25.4 Å². The number of methoxy groups -OCH3 is 1. The molecule has 0 aliphatic heterocycles. The zero-order valence-corrected chi connectivity index (χ0v) is 8.80. The summed E-state index contributed by atoms with van der Waals surface area (Å²) in [5, 5.41) is 12.8. The topological polar surface area (TPSA) is 90.4 Å². The summed E-state index contributed by atoms with van der Waals surface area (Å²) in [6, 6.07) is 0. The molecule has 6 heteroatoms. The van der Waals surface area contributed by atoms with Crippen molar-refractivity contribution in [3.63, 3.8) is 0 Å². The second-order valence-corrected chi connectivity index (χ2v) is 3.62. The Morgan fingerprint density at radius 2 is 2.47 bits per heavy atom. The summed E-state index contributed by atoms with van der Waals surface area (Å²) in [5.74, 6) is -0.370. The van der Waals surface area contributed by atoms with Crippen LogP contribution in [0.3, 0.4) is 0 Å². The lowest BCUT2D eigenvalue weighted by Crippen LogP contribution is -2.45. The predicted octanol–water partition coefficient (Wildman–Crippen LogP) is 0.0838. The molecule has 0 aliphatic rings. The largest absolute Gasteiger partial charge is 0.493 e. The van der Waals surface area contributed by atoms with Crippen molar-refractivity contribution in [3.05, 3.63) is 12.4 Å². The fourth-order valence-electron chi connectivity index (χ4n) is 1.03. The molecule has 0 spiro atoms. The Balaban J connectivity index is 2.53. The first-order valence-corrected chi connectivity index (χ1v) is 4.54. The predicted molar refractivity (Wildman–Crippen MR) is 53.6 cm³/mol. The van der Waals surface area contributed by atoms with E-state index in [9.17, 15) is 4.79 Å². The first-order valence-electron chi connectivity index (χ1n) is 4.54. The number of carboxylic acids is 1. The molecule has 6 nitrogen and oxygen atoms in total. The minimum atomic E-state index is -1.22. The number of ether oxygens (including phenoxy) is 1. The molecule has 1 atom stereocenters. The SMILES string of the molecule is COc1cnn(CCC(C)(N)C(=O)O)c1. The maximum absolute atomic E-state index is 10.7. The third kappa shape index (κ3) is 2.95. The van der Waals surface area contributed by atoms with Crippen molar-refractivity contribution in [1.29, 1.82) is 0 Å². The van der Waals surface area contributed by atoms with E-state index in [1.54, 1.807) is 24.2 Å². The van der Waals surface area contributed by atoms with Crippen molar-refractivity contribution in [2.24, 2.45) is 5.73 Å². The number of aromatic nitrogens is 2. The van der Waals surface area contributed by atoms with E-state index < -0.39 is 11.5 Å². The summed E-state index contributed by atoms with van der Waals surface area (Å²) >= 11 is 0. The molecule has 3 N–H and O–H groups in total. The maximum Gasteiger partial charge on any atom is 0.323 e. The second-order valence-electron chi connectivity index (χ2n) is 3.62. The van der Waals surface area contributed by atoms with Crippen LogP contribution in [0.15, 0.2) is 12.4 Å². The fourth-order valence-corrected chi connectivity index (χ4v) is 1.03. The van der Waals surface area contributed by atoms with Gasteiger partial charge in [-0.25, -0.2) is 0 Å². The molecule has 1 unspecified atom stereocenters. The minimum Gasteiger partial charge on any atom is -0.493 e. The summed E-state index contributed by atoms with van der Waals surface area (Å²) in [5.41, 5.74) is 4.35. The van der Waals surface area contributed by atoms with E-state index in [0.29, 0.717) is 18.7 Å². The normalized spacial score (nSPS) is 14.6. The van der Waals surface area contributed by atoms with Gasteiger partial charge in [-0.05, 0) is 13.3 Å². The molecule has 0 aromatic carbocycles. The van der Waals surface area contributed by atoms with Gasteiger partial charge in [0.25, 0.3) is 0 Å². The molecule has 1 heterocycles. The Labute approximate surface area is 87.6 Å². The quantitative estimate of drug-likeness (QED) is 0.723. The fraction of sp³-hybridized carbons (Fsp3) is 0.556. The lowest BCUT2D eigenvalue weighted by Gasteiger charge is -2.18. The van der Waals surface area contributed by atoms with E-state index in [4.69, 9.17) is 15.6 Å². The van der Waals surface area contributed by atoms with Crippen LogP contribution in [0.5, 0.6) is 5.75 Å². The number of aryl methyl sites for hydroxylation is 1. The molecule has 1 rings (SSSR count). The van der Waals surface area contributed by atoms with E-state index >= 15 is 0 Å². The molecule has 0 fully saturated rings. The third-order valence-electron chi connectivity index (χ3n) is 2.19. The van der Waals surface area contributed by atoms with Crippen LogP contribution in [0.25, 0.3) is 0 Å². The number of nitrogens with zero attached hydrogens (tertiary/aromatic N) is 2. The van der Waals surface area contributed by atoms with E-state index in [0.717, 1.165) is 0 Å². The van der Waals surface area contributed by atoms with Gasteiger partial charge in [0.2, 0.25) is 0 Å². The Morgan fingerprint density at radius 3 is 2.93 bits per heavy atom. The average molecular weight is 213 g/mol. The summed E-state index contributed by atoms with van der Waals surface area (Å²) < 4.78 is 6.55. The van der Waals surface area contributed by atoms with Gasteiger partial charge in [-0.1, -0.05) is 0 Å². The zero-order chi connectivity index (χ0) is 11.5. The summed E-state index contributed by atoms with van der Waals surface area (Å²) in [4.78, 5) is 10.7. The van der Waals surface area contributed by atoms with Crippen LogP contribution in [0.1, 0.15) is 13.3 Å². The van der Waals surface area contributed by atoms with Gasteiger partial charge in [0.05, 0.1) is 19.5 Å². The van der Waals surface area contributed by atoms with Crippen molar-refractivity contribution in [1.82, 2.24) is 9.78 Å². The van der Waals surface area contributed by atoms with Crippen LogP contribution < -0.4 is 10.5 Å². The van der Waals surface area contributed by atoms with E-state index in [-0.39, 0.29) is 0 Å². The first kappa shape index (κ1) is 11.5. The van der Waals surface area contributed by atoms with Crippen LogP contribution in [-0.2, 0) is 11.3 Å². The van der Waals surface area contributed by atoms with Crippen LogP contribution in [0, 0.1) is 0 Å². The number of nitrogens with two attached hydrogens (primary N) is 1. The highest BCUT2D eigenvalue weighted by Gasteiger charge is 2.27. The van der Waals surface area contributed by atoms with Crippen molar-refractivity contribution in [3.8, 4) is 5.75 Å². The molecule has 0 aliphatic carbocycles. The molecular weight excluding hydrogens is 198 g/mol. The smallest absolute Gasteiger partial charge is 0.323 e. The number of hydrogen-bond acceptors (Lipinski definition) is 4. The number of carboxylic acid groups (broad SMARTS) is 1. The van der Waals surface area contributed by atoms with Gasteiger partial charge >= 0.3 is 5.97 Å². The summed E-state index contributed by atoms with van der Waals surface area (Å²) in [7, 11) is 1.55. The summed E-state index contributed by atoms with van der Waals surface area (Å²) in [6.45, 7) is 1.93. The second kappa shape index (κ2) is 4.31. The van der Waals surface area contributed by atoms with Crippen LogP contribution in [-0.4, -0.2) is 33.5 Å². The highest BCUT2D eigenvalue weighted by Crippen LogP contribution is 2.11. The lowest BCUT2D eigenvalue weighted by molar-refractivity contribution is -0.143. The number of rotatable bonds is 5. The molecule has 0 saturated carbocycles. The van der Waals surface area contributed by atoms with Gasteiger partial charge in [0, 0.05) is 6.54 Å². The van der Waals surface area contributed by atoms with Gasteiger partial charge < -0.3 is 15.6 Å². The number of carbonyl (C=O) groups is 1. The van der Waals surface area contributed by atoms with Gasteiger partial charge in [-0.3, -0.25) is 9.48 Å². The molecule has 15 heavy (non-hydrogen) atoms. The van der Waals surface area contributed by atoms with Crippen molar-refractivity contribution >= 4 is 5.97 Å². The zero-order valence-electron chi connectivity index (χ0n) is 8.80. The molecule has 0 saturated heterocycles. The van der Waals surface area contributed by atoms with Gasteiger partial charge in [-0.15, -0.1) is 0 Å². The Morgan fingerprint density at radius 1 is 1.80 bits per heavy atom. The molecule has 1 aromatic heterocycles. The van der Waals surface area contributed by atoms with Crippen molar-refractivity contribution < 1.29 is 14.6 Å². The first-order chi connectivity index (χ1) is 6.95. The standard InChI is InChI=1S/C9H15N3O3/c1-9(10,8(13)14)3-4-12-6-7(15-2)5-11-12/h5-6H,3-4,10H2,1-2H3,(H,13,14). The van der Waals surface area contributed by atoms with Crippen molar-refractivity contribution in [2.75, 3.05) is 7.11 Å². The Hall–Kier alpha value is -1.56. The van der Waals surface area contributed by atoms with E-state index in [1.165, 1.54) is 6.92 Å². The van der Waals surface area contributed by atoms with Gasteiger partial charge in [0.15, 0.2) is 5.75 Å². The molecular formula is C9H15N3O3. The van der Waals surface area contributed by atoms with E-state index in [2.05, 4.69) is 5.10 Å². The average Bonchev–Trinajstić information content (AvgIpc) is 2.62. The molecule has 0 bridgehead atoms. The Bertz CT molecular complexity index is 346. The van der Waals surface area contributed by atoms with E-state index in [1.807, 2.05) is 0 Å². The number of hydrogen-bond donors (Lipinski definition) is 2. The van der Waals surface area contributed by atoms with Crippen LogP contribution in [0.2, 0.25) is 0 Å². The number of aliphatic carboxylic acids is 1. The lowest BCUT2D eigenvalue weighted by atomic mass is 10.00. The van der Waals surface area contributed by atoms with Crippen LogP contribution in [0.4, 0.5) is 0 Å². The molecule has 0 amide bonds. The van der Waals surface area contributed by atoms with Gasteiger partial charge in [-0.2, -0.15) is 5.10 Å². The minimum absolute atomic E-state index is 0.313. The highest BCUT2D eigenvalue weighted by molar-refractivity contribution is 5.77. The summed E-state index contributed by atoms with van der Waals surface area (Å²) in [6.07, 6.45) is 3.57. The third-order valence-corrected chi connectivity index (χ3v) is 2.19. The molecule has 84 valence electrons. The molecule has 0 radical (unpaired) electrons. The molecule has 1 aromatic rings. The highest BCUT2D eigenvalue weighted by atomic mass is 16.5. The maximum atomic E-state index is 10.7. The van der Waals surface area contributed by atoms with Gasteiger partial charge in [0.1, 0.15) is 5.54 Å². The monoisotopic (exact) mass is 213 g/mol. The Kier molecular flexibility index (Phi) is 3.31.